The Balaban J connectivity index is 1.74. The number of hydrogen-bond donors (Lipinski definition) is 3. The van der Waals surface area contributed by atoms with Crippen molar-refractivity contribution in [3.8, 4) is 0 Å². The van der Waals surface area contributed by atoms with Crippen molar-refractivity contribution in [3.05, 3.63) is 36.0 Å². The fourth-order valence-corrected chi connectivity index (χ4v) is 9.40. The first-order valence-corrected chi connectivity index (χ1v) is 20.9. The number of Topliss-reactive ketones (excluding diaryl/α,β-unsaturated/α-hetero) is 2. The molecular formula is C44H69NO12. The molecule has 1 saturated carbocycles. The normalized spacial score (nSPS) is 39.1. The fraction of sp³-hybridized carbons (Fsp3) is 0.773. The molecule has 2 bridgehead atoms. The van der Waals surface area contributed by atoms with Crippen LogP contribution in [-0.2, 0) is 42.9 Å². The number of fused-ring (bicyclic) bond motifs is 3. The second-order valence-corrected chi connectivity index (χ2v) is 17.3. The summed E-state index contributed by atoms with van der Waals surface area (Å²) < 4.78 is 29.6. The first kappa shape index (κ1) is 46.9. The van der Waals surface area contributed by atoms with E-state index in [1.807, 2.05) is 26.0 Å². The molecule has 13 heteroatoms. The van der Waals surface area contributed by atoms with Crippen molar-refractivity contribution >= 4 is 23.4 Å². The van der Waals surface area contributed by atoms with Gasteiger partial charge in [-0.3, -0.25) is 14.4 Å². The predicted molar refractivity (Wildman–Crippen MR) is 213 cm³/mol. The number of methoxy groups -OCH3 is 3. The molecule has 4 aliphatic rings. The maximum atomic E-state index is 14.3. The van der Waals surface area contributed by atoms with E-state index in [0.29, 0.717) is 56.9 Å². The third-order valence-electron chi connectivity index (χ3n) is 12.9. The van der Waals surface area contributed by atoms with Gasteiger partial charge in [0.25, 0.3) is 11.7 Å². The van der Waals surface area contributed by atoms with Gasteiger partial charge >= 0.3 is 5.97 Å². The average molecular weight is 804 g/mol. The molecule has 2 saturated heterocycles. The lowest BCUT2D eigenvalue weighted by molar-refractivity contribution is -0.302. The topological polar surface area (TPSA) is 178 Å². The van der Waals surface area contributed by atoms with Crippen molar-refractivity contribution in [1.82, 2.24) is 4.90 Å². The molecule has 0 aromatic rings. The summed E-state index contributed by atoms with van der Waals surface area (Å²) in [5, 5.41) is 34.0. The molecule has 57 heavy (non-hydrogen) atoms. The molecule has 0 aromatic heterocycles. The molecule has 3 fully saturated rings. The SMILES string of the molecule is C=CC[C@@H]1/C=C(\C)C[C@H](C)C[C@H](OC)[C@H]2O[C@@](O)(C(=O)C(=O)N3CCCC[C@H]3C(=O)O[C@H]([C@@H](C)[C@H](O)/C(C)=C/[C@@H]3CC[C@@H](O)[C@H](OC)C3)CC1=O)[C@H](C)C[C@@H]2OC. The van der Waals surface area contributed by atoms with E-state index in [2.05, 4.69) is 6.58 Å². The summed E-state index contributed by atoms with van der Waals surface area (Å²) in [5.74, 6) is -7.80. The van der Waals surface area contributed by atoms with Gasteiger partial charge in [-0.2, -0.15) is 0 Å². The Morgan fingerprint density at radius 2 is 1.67 bits per heavy atom. The molecule has 0 unspecified atom stereocenters. The van der Waals surface area contributed by atoms with Crippen LogP contribution in [0.5, 0.6) is 0 Å². The molecule has 14 atom stereocenters. The monoisotopic (exact) mass is 803 g/mol. The van der Waals surface area contributed by atoms with Gasteiger partial charge < -0.3 is 43.9 Å². The van der Waals surface area contributed by atoms with Crippen molar-refractivity contribution in [2.75, 3.05) is 27.9 Å². The first-order chi connectivity index (χ1) is 27.0. The molecule has 4 rings (SSSR count). The number of rotatable bonds is 9. The van der Waals surface area contributed by atoms with Gasteiger partial charge in [0.1, 0.15) is 24.0 Å². The van der Waals surface area contributed by atoms with E-state index in [1.165, 1.54) is 14.2 Å². The van der Waals surface area contributed by atoms with Crippen LogP contribution in [0, 0.1) is 29.6 Å². The van der Waals surface area contributed by atoms with Crippen LogP contribution in [0.3, 0.4) is 0 Å². The number of carbonyl (C=O) groups is 4. The molecular weight excluding hydrogens is 734 g/mol. The smallest absolute Gasteiger partial charge is 0.329 e. The number of piperidine rings is 1. The molecule has 3 N–H and O–H groups in total. The number of nitrogens with zero attached hydrogens (tertiary/aromatic N) is 1. The maximum absolute atomic E-state index is 14.3. The average Bonchev–Trinajstić information content (AvgIpc) is 3.19. The molecule has 13 nitrogen and oxygen atoms in total. The highest BCUT2D eigenvalue weighted by atomic mass is 16.7. The van der Waals surface area contributed by atoms with Crippen LogP contribution >= 0.6 is 0 Å². The number of aliphatic hydroxyl groups is 3. The van der Waals surface area contributed by atoms with Crippen LogP contribution in [0.25, 0.3) is 0 Å². The minimum absolute atomic E-state index is 0.0120. The fourth-order valence-electron chi connectivity index (χ4n) is 9.40. The molecule has 1 aliphatic carbocycles. The zero-order chi connectivity index (χ0) is 42.2. The summed E-state index contributed by atoms with van der Waals surface area (Å²) in [6, 6.07) is -1.17. The van der Waals surface area contributed by atoms with Gasteiger partial charge in [-0.05, 0) is 95.5 Å². The Bertz CT molecular complexity index is 1480. The molecule has 3 aliphatic heterocycles. The van der Waals surface area contributed by atoms with Gasteiger partial charge in [0.05, 0.1) is 30.5 Å². The van der Waals surface area contributed by atoms with E-state index in [9.17, 15) is 34.5 Å². The Kier molecular flexibility index (Phi) is 17.2. The van der Waals surface area contributed by atoms with Gasteiger partial charge in [-0.25, -0.2) is 4.79 Å². The highest BCUT2D eigenvalue weighted by Crippen LogP contribution is 2.39. The van der Waals surface area contributed by atoms with Crippen LogP contribution in [0.15, 0.2) is 36.0 Å². The number of ether oxygens (including phenoxy) is 5. The summed E-state index contributed by atoms with van der Waals surface area (Å²) in [6.07, 6.45) is 5.10. The van der Waals surface area contributed by atoms with E-state index in [-0.39, 0.29) is 49.5 Å². The highest BCUT2D eigenvalue weighted by Gasteiger charge is 2.56. The number of carbonyl (C=O) groups excluding carboxylic acids is 4. The van der Waals surface area contributed by atoms with Crippen LogP contribution in [0.1, 0.15) is 105 Å². The third-order valence-corrected chi connectivity index (χ3v) is 12.9. The zero-order valence-electron chi connectivity index (χ0n) is 35.4. The second-order valence-electron chi connectivity index (χ2n) is 17.3. The van der Waals surface area contributed by atoms with Crippen molar-refractivity contribution in [2.45, 2.75) is 160 Å². The van der Waals surface area contributed by atoms with Crippen molar-refractivity contribution < 1.29 is 58.2 Å². The summed E-state index contributed by atoms with van der Waals surface area (Å²) in [5.41, 5.74) is 1.60. The third kappa shape index (κ3) is 11.3. The molecule has 322 valence electrons. The van der Waals surface area contributed by atoms with Crippen LogP contribution in [-0.4, -0.2) is 126 Å². The molecule has 0 spiro atoms. The van der Waals surface area contributed by atoms with Crippen molar-refractivity contribution in [1.29, 1.82) is 0 Å². The van der Waals surface area contributed by atoms with Gasteiger partial charge in [0.2, 0.25) is 5.79 Å². The number of amides is 1. The van der Waals surface area contributed by atoms with E-state index in [4.69, 9.17) is 23.7 Å². The van der Waals surface area contributed by atoms with Crippen LogP contribution < -0.4 is 0 Å². The van der Waals surface area contributed by atoms with Gasteiger partial charge in [0, 0.05) is 52.0 Å². The Morgan fingerprint density at radius 3 is 2.32 bits per heavy atom. The largest absolute Gasteiger partial charge is 0.460 e. The van der Waals surface area contributed by atoms with E-state index < -0.39 is 83.9 Å². The predicted octanol–water partition coefficient (Wildman–Crippen LogP) is 4.64. The molecule has 0 aromatic carbocycles. The Labute approximate surface area is 339 Å². The Hall–Kier alpha value is -2.78. The van der Waals surface area contributed by atoms with Crippen molar-refractivity contribution in [3.63, 3.8) is 0 Å². The quantitative estimate of drug-likeness (QED) is 0.168. The zero-order valence-corrected chi connectivity index (χ0v) is 35.4. The second kappa shape index (κ2) is 21.0. The van der Waals surface area contributed by atoms with Gasteiger partial charge in [-0.15, -0.1) is 6.58 Å². The summed E-state index contributed by atoms with van der Waals surface area (Å²) in [7, 11) is 4.63. The summed E-state index contributed by atoms with van der Waals surface area (Å²) in [4.78, 5) is 58.0. The molecule has 1 amide bonds. The van der Waals surface area contributed by atoms with Crippen LogP contribution in [0.2, 0.25) is 0 Å². The number of ketones is 2. The maximum Gasteiger partial charge on any atom is 0.329 e. The minimum Gasteiger partial charge on any atom is -0.460 e. The summed E-state index contributed by atoms with van der Waals surface area (Å²) >= 11 is 0. The standard InChI is InChI=1S/C44H69NO12/c1-10-13-31-19-25(2)18-26(3)20-37(54-8)40-38(55-9)22-28(5)44(52,57-40)41(49)42(50)45-17-12-11-14-32(45)43(51)56-35(24-34(31)47)29(6)39(48)27(4)21-30-15-16-33(46)36(23-30)53-7/h10,19,21,26,28-33,35-40,46,48,52H,1,11-18,20,22-24H2,2-9H3/b25-19+,27-21+/t26-,28+,29+,30-,31+,32-,33+,35-,36+,37-,38-,39+,40+,44+/m0/s1. The van der Waals surface area contributed by atoms with E-state index >= 15 is 0 Å². The lowest BCUT2D eigenvalue weighted by atomic mass is 9.81. The first-order valence-electron chi connectivity index (χ1n) is 20.9. The van der Waals surface area contributed by atoms with Crippen molar-refractivity contribution in [2.24, 2.45) is 29.6 Å². The van der Waals surface area contributed by atoms with Crippen LogP contribution in [0.4, 0.5) is 0 Å². The number of esters is 1. The van der Waals surface area contributed by atoms with E-state index in [0.717, 1.165) is 10.5 Å². The summed E-state index contributed by atoms with van der Waals surface area (Å²) in [6.45, 7) is 13.1. The highest BCUT2D eigenvalue weighted by molar-refractivity contribution is 6.39. The Morgan fingerprint density at radius 1 is 1.00 bits per heavy atom. The minimum atomic E-state index is -2.50. The lowest BCUT2D eigenvalue weighted by Crippen LogP contribution is -2.64. The van der Waals surface area contributed by atoms with Gasteiger partial charge in [-0.1, -0.05) is 44.6 Å². The number of cyclic esters (lactones) is 1. The van der Waals surface area contributed by atoms with Gasteiger partial charge in [0.15, 0.2) is 0 Å². The lowest BCUT2D eigenvalue weighted by Gasteiger charge is -2.47. The number of hydrogen-bond acceptors (Lipinski definition) is 12. The number of aliphatic hydroxyl groups excluding tert-OH is 2. The molecule has 3 heterocycles. The van der Waals surface area contributed by atoms with E-state index in [1.54, 1.807) is 34.0 Å². The number of allylic oxidation sites excluding steroid dienone is 4. The molecule has 0 radical (unpaired) electrons.